The van der Waals surface area contributed by atoms with Gasteiger partial charge in [-0.2, -0.15) is 13.2 Å². The van der Waals surface area contributed by atoms with Crippen LogP contribution in [0.25, 0.3) is 0 Å². The molecule has 9 heteroatoms. The summed E-state index contributed by atoms with van der Waals surface area (Å²) in [4.78, 5) is 11.5. The van der Waals surface area contributed by atoms with E-state index in [0.29, 0.717) is 0 Å². The Morgan fingerprint density at radius 2 is 1.68 bits per heavy atom. The molecule has 1 saturated carbocycles. The van der Waals surface area contributed by atoms with E-state index in [9.17, 15) is 36.2 Å². The zero-order valence-electron chi connectivity index (χ0n) is 11.7. The van der Waals surface area contributed by atoms with Crippen LogP contribution in [0.1, 0.15) is 32.6 Å². The Labute approximate surface area is 122 Å². The number of carbonyl (C=O) groups excluding carboxylic acids is 1. The number of carbonyl (C=O) groups is 1. The fraction of sp³-hybridized carbons (Fsp3) is 0.769. The van der Waals surface area contributed by atoms with Crippen LogP contribution in [0.15, 0.2) is 12.2 Å². The number of rotatable bonds is 5. The molecular weight excluding hydrogens is 318 g/mol. The molecule has 0 radical (unpaired) electrons. The predicted molar refractivity (Wildman–Crippen MR) is 64.0 cm³/mol. The summed E-state index contributed by atoms with van der Waals surface area (Å²) < 4.78 is 83.1. The topological polar surface area (TPSA) is 46.5 Å². The van der Waals surface area contributed by atoms with Crippen LogP contribution in [-0.2, 0) is 9.53 Å². The quantitative estimate of drug-likeness (QED) is 0.477. The molecule has 0 aromatic carbocycles. The molecule has 22 heavy (non-hydrogen) atoms. The highest BCUT2D eigenvalue weighted by Crippen LogP contribution is 2.49. The van der Waals surface area contributed by atoms with Gasteiger partial charge in [0.1, 0.15) is 5.60 Å². The minimum absolute atomic E-state index is 0.182. The lowest BCUT2D eigenvalue weighted by molar-refractivity contribution is -0.335. The lowest BCUT2D eigenvalue weighted by Crippen LogP contribution is -2.65. The maximum absolute atomic E-state index is 14.4. The molecule has 1 rings (SSSR count). The molecule has 1 aliphatic carbocycles. The van der Waals surface area contributed by atoms with Gasteiger partial charge in [0.05, 0.1) is 0 Å². The molecular formula is C13H16F6O3. The van der Waals surface area contributed by atoms with Crippen molar-refractivity contribution in [2.75, 3.05) is 0 Å². The fourth-order valence-electron chi connectivity index (χ4n) is 2.43. The molecule has 128 valence electrons. The zero-order chi connectivity index (χ0) is 17.3. The van der Waals surface area contributed by atoms with E-state index in [-0.39, 0.29) is 18.4 Å². The average molecular weight is 334 g/mol. The lowest BCUT2D eigenvalue weighted by Gasteiger charge is -2.41. The number of hydrogen-bond acceptors (Lipinski definition) is 3. The molecule has 1 N–H and O–H groups in total. The molecule has 0 spiro atoms. The van der Waals surface area contributed by atoms with Crippen molar-refractivity contribution < 1.29 is 41.0 Å². The third kappa shape index (κ3) is 3.09. The Kier molecular flexibility index (Phi) is 5.21. The van der Waals surface area contributed by atoms with Crippen LogP contribution in [0.5, 0.6) is 0 Å². The summed E-state index contributed by atoms with van der Waals surface area (Å²) in [6.07, 6.45) is -14.3. The second-order valence-corrected chi connectivity index (χ2v) is 5.43. The Morgan fingerprint density at radius 1 is 1.23 bits per heavy atom. The maximum Gasteiger partial charge on any atom is 0.426 e. The lowest BCUT2D eigenvalue weighted by atomic mass is 9.82. The summed E-state index contributed by atoms with van der Waals surface area (Å²) in [6.45, 7) is 4.39. The number of hydrogen-bond donors (Lipinski definition) is 1. The molecule has 0 aromatic rings. The standard InChI is InChI=1S/C13H16F6O3/c1-7(2)8(20)22-11(5-3-4-6-11)9(14)12(21,10(15)16)13(17,18)19/h9-10,21H,1,3-6H2,2H3. The van der Waals surface area contributed by atoms with Gasteiger partial charge in [-0.25, -0.2) is 18.0 Å². The molecule has 0 bridgehead atoms. The molecule has 0 amide bonds. The SMILES string of the molecule is C=C(C)C(=O)OC1(C(F)C(O)(C(F)F)C(F)(F)F)CCCC1. The van der Waals surface area contributed by atoms with Crippen LogP contribution in [0.2, 0.25) is 0 Å². The molecule has 1 fully saturated rings. The van der Waals surface area contributed by atoms with Gasteiger partial charge in [0.2, 0.25) is 0 Å². The summed E-state index contributed by atoms with van der Waals surface area (Å²) in [6, 6.07) is 0. The van der Waals surface area contributed by atoms with Crippen LogP contribution >= 0.6 is 0 Å². The normalized spacial score (nSPS) is 22.2. The van der Waals surface area contributed by atoms with Crippen molar-refractivity contribution in [3.8, 4) is 0 Å². The van der Waals surface area contributed by atoms with Gasteiger partial charge in [0.25, 0.3) is 12.0 Å². The van der Waals surface area contributed by atoms with Crippen molar-refractivity contribution in [3.05, 3.63) is 12.2 Å². The van der Waals surface area contributed by atoms with Gasteiger partial charge < -0.3 is 9.84 Å². The molecule has 0 aliphatic heterocycles. The highest BCUT2D eigenvalue weighted by atomic mass is 19.4. The third-order valence-electron chi connectivity index (χ3n) is 3.73. The molecule has 0 saturated heterocycles. The summed E-state index contributed by atoms with van der Waals surface area (Å²) in [7, 11) is 0. The van der Waals surface area contributed by atoms with Gasteiger partial charge in [-0.3, -0.25) is 0 Å². The molecule has 2 unspecified atom stereocenters. The number of aliphatic hydroxyl groups is 1. The number of halogens is 6. The van der Waals surface area contributed by atoms with E-state index < -0.39 is 48.8 Å². The summed E-state index contributed by atoms with van der Waals surface area (Å²) in [5.74, 6) is -1.19. The van der Waals surface area contributed by atoms with Crippen LogP contribution in [0.4, 0.5) is 26.3 Å². The predicted octanol–water partition coefficient (Wildman–Crippen LogP) is 3.32. The largest absolute Gasteiger partial charge is 0.452 e. The molecule has 2 atom stereocenters. The molecule has 0 aromatic heterocycles. The van der Waals surface area contributed by atoms with E-state index in [2.05, 4.69) is 6.58 Å². The van der Waals surface area contributed by atoms with E-state index in [1.165, 1.54) is 6.92 Å². The zero-order valence-corrected chi connectivity index (χ0v) is 11.7. The summed E-state index contributed by atoms with van der Waals surface area (Å²) in [5, 5.41) is 9.31. The average Bonchev–Trinajstić information content (AvgIpc) is 2.84. The van der Waals surface area contributed by atoms with E-state index in [0.717, 1.165) is 0 Å². The van der Waals surface area contributed by atoms with Crippen LogP contribution < -0.4 is 0 Å². The number of alkyl halides is 6. The van der Waals surface area contributed by atoms with Crippen molar-refractivity contribution in [2.24, 2.45) is 0 Å². The summed E-state index contributed by atoms with van der Waals surface area (Å²) in [5.41, 5.74) is -7.57. The second-order valence-electron chi connectivity index (χ2n) is 5.43. The van der Waals surface area contributed by atoms with Crippen LogP contribution in [0, 0.1) is 0 Å². The summed E-state index contributed by atoms with van der Waals surface area (Å²) >= 11 is 0. The highest BCUT2D eigenvalue weighted by Gasteiger charge is 2.71. The molecule has 3 nitrogen and oxygen atoms in total. The first-order valence-electron chi connectivity index (χ1n) is 6.48. The first kappa shape index (κ1) is 18.8. The minimum Gasteiger partial charge on any atom is -0.452 e. The van der Waals surface area contributed by atoms with Gasteiger partial charge >= 0.3 is 12.1 Å². The van der Waals surface area contributed by atoms with Crippen molar-refractivity contribution >= 4 is 5.97 Å². The van der Waals surface area contributed by atoms with Gasteiger partial charge in [-0.1, -0.05) is 6.58 Å². The third-order valence-corrected chi connectivity index (χ3v) is 3.73. The van der Waals surface area contributed by atoms with Crippen molar-refractivity contribution in [1.29, 1.82) is 0 Å². The maximum atomic E-state index is 14.4. The Hall–Kier alpha value is -1.25. The fourth-order valence-corrected chi connectivity index (χ4v) is 2.43. The van der Waals surface area contributed by atoms with E-state index in [4.69, 9.17) is 4.74 Å². The Morgan fingerprint density at radius 3 is 2.00 bits per heavy atom. The van der Waals surface area contributed by atoms with Crippen LogP contribution in [-0.4, -0.2) is 41.1 Å². The minimum atomic E-state index is -5.92. The number of esters is 1. The van der Waals surface area contributed by atoms with Crippen LogP contribution in [0.3, 0.4) is 0 Å². The monoisotopic (exact) mass is 334 g/mol. The van der Waals surface area contributed by atoms with E-state index in [1.807, 2.05) is 0 Å². The van der Waals surface area contributed by atoms with Gasteiger partial charge in [0, 0.05) is 5.57 Å². The van der Waals surface area contributed by atoms with Crippen molar-refractivity contribution in [2.45, 2.75) is 62.6 Å². The van der Waals surface area contributed by atoms with Crippen molar-refractivity contribution in [3.63, 3.8) is 0 Å². The second kappa shape index (κ2) is 6.10. The Bertz CT molecular complexity index is 442. The Balaban J connectivity index is 3.25. The van der Waals surface area contributed by atoms with Gasteiger partial charge in [-0.15, -0.1) is 0 Å². The number of ether oxygens (including phenoxy) is 1. The van der Waals surface area contributed by atoms with E-state index in [1.54, 1.807) is 0 Å². The van der Waals surface area contributed by atoms with Gasteiger partial charge in [-0.05, 0) is 32.6 Å². The highest BCUT2D eigenvalue weighted by molar-refractivity contribution is 5.87. The molecule has 0 heterocycles. The molecule has 1 aliphatic rings. The smallest absolute Gasteiger partial charge is 0.426 e. The van der Waals surface area contributed by atoms with E-state index >= 15 is 0 Å². The first-order valence-corrected chi connectivity index (χ1v) is 6.48. The van der Waals surface area contributed by atoms with Crippen molar-refractivity contribution in [1.82, 2.24) is 0 Å². The first-order chi connectivity index (χ1) is 9.88. The van der Waals surface area contributed by atoms with Gasteiger partial charge in [0.15, 0.2) is 6.17 Å².